The van der Waals surface area contributed by atoms with Crippen molar-refractivity contribution in [1.82, 2.24) is 9.78 Å². The van der Waals surface area contributed by atoms with Crippen molar-refractivity contribution >= 4 is 11.6 Å². The summed E-state index contributed by atoms with van der Waals surface area (Å²) < 4.78 is 55.0. The van der Waals surface area contributed by atoms with Crippen molar-refractivity contribution in [1.29, 1.82) is 0 Å². The van der Waals surface area contributed by atoms with Crippen molar-refractivity contribution in [3.05, 3.63) is 81.7 Å². The fourth-order valence-corrected chi connectivity index (χ4v) is 2.60. The molecule has 0 spiro atoms. The van der Waals surface area contributed by atoms with Crippen LogP contribution >= 0.6 is 0 Å². The topological polar surface area (TPSA) is 64.0 Å². The molecule has 5 nitrogen and oxygen atoms in total. The van der Waals surface area contributed by atoms with E-state index in [0.29, 0.717) is 11.3 Å². The number of rotatable bonds is 4. The molecule has 1 heterocycles. The number of hydrogen-bond donors (Lipinski definition) is 1. The van der Waals surface area contributed by atoms with E-state index in [1.807, 2.05) is 19.1 Å². The number of nitrogens with one attached hydrogen (secondary N) is 1. The molecule has 1 N–H and O–H groups in total. The number of halogens is 4. The standard InChI is InChI=1S/C20H15F4N3O2/c1-10-3-5-12(6-4-10)15-7-8-16(28)27(26-15)11(2)20(29)25-19-17(23)13(21)9-14(22)18(19)24/h3-9,11H,1-2H3,(H,25,29)/t11-/m1/s1. The predicted molar refractivity (Wildman–Crippen MR) is 98.3 cm³/mol. The Morgan fingerprint density at radius 3 is 2.17 bits per heavy atom. The number of benzene rings is 2. The first-order valence-electron chi connectivity index (χ1n) is 8.50. The first kappa shape index (κ1) is 20.2. The van der Waals surface area contributed by atoms with Crippen LogP contribution in [0.1, 0.15) is 18.5 Å². The summed E-state index contributed by atoms with van der Waals surface area (Å²) in [5, 5.41) is 5.91. The van der Waals surface area contributed by atoms with Crippen molar-refractivity contribution < 1.29 is 22.4 Å². The summed E-state index contributed by atoms with van der Waals surface area (Å²) >= 11 is 0. The molecule has 0 saturated carbocycles. The van der Waals surface area contributed by atoms with Crippen LogP contribution < -0.4 is 10.9 Å². The largest absolute Gasteiger partial charge is 0.319 e. The molecule has 29 heavy (non-hydrogen) atoms. The third-order valence-electron chi connectivity index (χ3n) is 4.28. The molecule has 9 heteroatoms. The monoisotopic (exact) mass is 405 g/mol. The van der Waals surface area contributed by atoms with Gasteiger partial charge in [-0.05, 0) is 19.9 Å². The highest BCUT2D eigenvalue weighted by Crippen LogP contribution is 2.25. The molecule has 0 fully saturated rings. The molecule has 0 radical (unpaired) electrons. The SMILES string of the molecule is Cc1ccc(-c2ccc(=O)n([C@H](C)C(=O)Nc3c(F)c(F)cc(F)c3F)n2)cc1. The molecule has 1 amide bonds. The highest BCUT2D eigenvalue weighted by molar-refractivity contribution is 5.93. The zero-order chi connectivity index (χ0) is 21.3. The van der Waals surface area contributed by atoms with E-state index in [0.717, 1.165) is 10.2 Å². The lowest BCUT2D eigenvalue weighted by molar-refractivity contribution is -0.119. The molecule has 0 bridgehead atoms. The zero-order valence-electron chi connectivity index (χ0n) is 15.3. The third-order valence-corrected chi connectivity index (χ3v) is 4.28. The van der Waals surface area contributed by atoms with Gasteiger partial charge in [-0.25, -0.2) is 22.2 Å². The highest BCUT2D eigenvalue weighted by Gasteiger charge is 2.24. The summed E-state index contributed by atoms with van der Waals surface area (Å²) in [6.45, 7) is 3.16. The molecule has 2 aromatic carbocycles. The van der Waals surface area contributed by atoms with Crippen LogP contribution in [0.25, 0.3) is 11.3 Å². The van der Waals surface area contributed by atoms with Gasteiger partial charge in [0, 0.05) is 17.7 Å². The van der Waals surface area contributed by atoms with Crippen molar-refractivity contribution in [2.45, 2.75) is 19.9 Å². The maximum Gasteiger partial charge on any atom is 0.267 e. The molecule has 0 aliphatic rings. The molecular weight excluding hydrogens is 390 g/mol. The number of aromatic nitrogens is 2. The van der Waals surface area contributed by atoms with Gasteiger partial charge < -0.3 is 5.32 Å². The van der Waals surface area contributed by atoms with Gasteiger partial charge in [0.25, 0.3) is 5.56 Å². The number of carbonyl (C=O) groups is 1. The molecule has 3 aromatic rings. The van der Waals surface area contributed by atoms with E-state index in [4.69, 9.17) is 0 Å². The highest BCUT2D eigenvalue weighted by atomic mass is 19.2. The lowest BCUT2D eigenvalue weighted by Crippen LogP contribution is -2.33. The molecule has 0 unspecified atom stereocenters. The summed E-state index contributed by atoms with van der Waals surface area (Å²) in [5.41, 5.74) is 0.165. The van der Waals surface area contributed by atoms with Crippen LogP contribution in [0, 0.1) is 30.2 Å². The van der Waals surface area contributed by atoms with Gasteiger partial charge in [0.15, 0.2) is 23.3 Å². The fraction of sp³-hybridized carbons (Fsp3) is 0.150. The smallest absolute Gasteiger partial charge is 0.267 e. The summed E-state index contributed by atoms with van der Waals surface area (Å²) in [6.07, 6.45) is 0. The van der Waals surface area contributed by atoms with Gasteiger partial charge in [0.05, 0.1) is 5.69 Å². The Morgan fingerprint density at radius 2 is 1.59 bits per heavy atom. The van der Waals surface area contributed by atoms with Crippen LogP contribution in [0.3, 0.4) is 0 Å². The summed E-state index contributed by atoms with van der Waals surface area (Å²) in [5.74, 6) is -7.91. The number of carbonyl (C=O) groups excluding carboxylic acids is 1. The van der Waals surface area contributed by atoms with E-state index in [2.05, 4.69) is 5.10 Å². The molecule has 0 saturated heterocycles. The van der Waals surface area contributed by atoms with E-state index in [-0.39, 0.29) is 6.07 Å². The fourth-order valence-electron chi connectivity index (χ4n) is 2.60. The van der Waals surface area contributed by atoms with Gasteiger partial charge in [-0.2, -0.15) is 5.10 Å². The van der Waals surface area contributed by atoms with Crippen molar-refractivity contribution in [3.8, 4) is 11.3 Å². The molecule has 1 aromatic heterocycles. The van der Waals surface area contributed by atoms with E-state index >= 15 is 0 Å². The maximum absolute atomic E-state index is 13.8. The van der Waals surface area contributed by atoms with E-state index in [1.54, 1.807) is 17.4 Å². The average Bonchev–Trinajstić information content (AvgIpc) is 2.70. The Morgan fingerprint density at radius 1 is 1.00 bits per heavy atom. The van der Waals surface area contributed by atoms with Crippen LogP contribution in [-0.4, -0.2) is 15.7 Å². The minimum absolute atomic E-state index is 0.0286. The molecular formula is C20H15F4N3O2. The van der Waals surface area contributed by atoms with Crippen molar-refractivity contribution in [3.63, 3.8) is 0 Å². The van der Waals surface area contributed by atoms with Crippen LogP contribution in [0.15, 0.2) is 47.3 Å². The molecule has 1 atom stereocenters. The van der Waals surface area contributed by atoms with Crippen molar-refractivity contribution in [2.75, 3.05) is 5.32 Å². The van der Waals surface area contributed by atoms with Gasteiger partial charge in [-0.3, -0.25) is 9.59 Å². The first-order valence-corrected chi connectivity index (χ1v) is 8.50. The second-order valence-corrected chi connectivity index (χ2v) is 6.38. The minimum atomic E-state index is -1.75. The first-order chi connectivity index (χ1) is 13.7. The minimum Gasteiger partial charge on any atom is -0.319 e. The molecule has 0 aliphatic carbocycles. The van der Waals surface area contributed by atoms with Crippen LogP contribution in [0.4, 0.5) is 23.2 Å². The Balaban J connectivity index is 1.94. The second kappa shape index (κ2) is 7.86. The van der Waals surface area contributed by atoms with Gasteiger partial charge in [0.1, 0.15) is 11.7 Å². The number of nitrogens with zero attached hydrogens (tertiary/aromatic N) is 2. The summed E-state index contributed by atoms with van der Waals surface area (Å²) in [6, 6.07) is 8.59. The van der Waals surface area contributed by atoms with E-state index in [1.165, 1.54) is 19.1 Å². The predicted octanol–water partition coefficient (Wildman–Crippen LogP) is 3.97. The van der Waals surface area contributed by atoms with Gasteiger partial charge in [-0.1, -0.05) is 29.8 Å². The molecule has 3 rings (SSSR count). The lowest BCUT2D eigenvalue weighted by Gasteiger charge is -2.16. The van der Waals surface area contributed by atoms with Gasteiger partial charge in [0.2, 0.25) is 5.91 Å². The van der Waals surface area contributed by atoms with Crippen molar-refractivity contribution in [2.24, 2.45) is 0 Å². The number of anilines is 1. The number of aryl methyl sites for hydroxylation is 1. The van der Waals surface area contributed by atoms with E-state index < -0.39 is 46.5 Å². The van der Waals surface area contributed by atoms with Crippen LogP contribution in [-0.2, 0) is 4.79 Å². The second-order valence-electron chi connectivity index (χ2n) is 6.38. The van der Waals surface area contributed by atoms with E-state index in [9.17, 15) is 27.2 Å². The van der Waals surface area contributed by atoms with Gasteiger partial charge >= 0.3 is 0 Å². The quantitative estimate of drug-likeness (QED) is 0.528. The maximum atomic E-state index is 13.8. The van der Waals surface area contributed by atoms with Crippen LogP contribution in [0.2, 0.25) is 0 Å². The Hall–Kier alpha value is -3.49. The molecule has 150 valence electrons. The van der Waals surface area contributed by atoms with Gasteiger partial charge in [-0.15, -0.1) is 0 Å². The average molecular weight is 405 g/mol. The van der Waals surface area contributed by atoms with Crippen LogP contribution in [0.5, 0.6) is 0 Å². The normalized spacial score (nSPS) is 11.9. The summed E-state index contributed by atoms with van der Waals surface area (Å²) in [7, 11) is 0. The lowest BCUT2D eigenvalue weighted by atomic mass is 10.1. The Labute approximate surface area is 162 Å². The number of amides is 1. The summed E-state index contributed by atoms with van der Waals surface area (Å²) in [4.78, 5) is 24.5. The number of hydrogen-bond acceptors (Lipinski definition) is 3. The third kappa shape index (κ3) is 4.03. The Bertz CT molecular complexity index is 1120. The zero-order valence-corrected chi connectivity index (χ0v) is 15.3. The molecule has 0 aliphatic heterocycles. The Kier molecular flexibility index (Phi) is 5.49.